The van der Waals surface area contributed by atoms with Crippen molar-refractivity contribution in [2.75, 3.05) is 26.7 Å². The van der Waals surface area contributed by atoms with Crippen molar-refractivity contribution in [3.05, 3.63) is 61.2 Å². The first kappa shape index (κ1) is 28.0. The Morgan fingerprint density at radius 2 is 1.82 bits per heavy atom. The first-order valence-electron chi connectivity index (χ1n) is 13.5. The summed E-state index contributed by atoms with van der Waals surface area (Å²) in [6, 6.07) is 7.32. The molecule has 1 aromatic carbocycles. The third kappa shape index (κ3) is 4.00. The van der Waals surface area contributed by atoms with Gasteiger partial charge in [-0.3, -0.25) is 14.4 Å². The molecule has 1 N–H and O–H groups in total. The van der Waals surface area contributed by atoms with Gasteiger partial charge in [-0.2, -0.15) is 0 Å². The van der Waals surface area contributed by atoms with Crippen LogP contribution in [0.5, 0.6) is 0 Å². The average Bonchev–Trinajstić information content (AvgIpc) is 3.40. The summed E-state index contributed by atoms with van der Waals surface area (Å²) in [5, 5.41) is 10.6. The van der Waals surface area contributed by atoms with Gasteiger partial charge in [-0.1, -0.05) is 49.4 Å². The van der Waals surface area contributed by atoms with E-state index < -0.39 is 35.1 Å². The number of likely N-dealkylation sites (N-methyl/N-ethyl adjacent to an activating group) is 1. The topological polar surface area (TPSA) is 90.4 Å². The minimum atomic E-state index is -1.19. The van der Waals surface area contributed by atoms with Crippen LogP contribution in [0.4, 0.5) is 0 Å². The highest BCUT2D eigenvalue weighted by Gasteiger charge is 2.80. The standard InChI is InChI=1S/C30H41N3O5/c1-8-15-31(7)26(35)23-24-27(36)33(22(18-34)21-13-11-10-12-14-21)25(28(37)32(16-9-2)19(3)4)30(24)17-20(5)29(23,6)38-30/h8-14,19-20,22-25,34H,1-2,15-18H2,3-7H3/t20?,22-,23-,24+,25?,29+,30?/m1/s1. The molecule has 3 aliphatic rings. The number of aliphatic hydroxyl groups excluding tert-OH is 1. The predicted molar refractivity (Wildman–Crippen MR) is 145 cm³/mol. The molecule has 7 atom stereocenters. The number of benzene rings is 1. The Balaban J connectivity index is 1.91. The summed E-state index contributed by atoms with van der Waals surface area (Å²) in [5.74, 6) is -2.44. The summed E-state index contributed by atoms with van der Waals surface area (Å²) < 4.78 is 6.83. The molecule has 8 heteroatoms. The van der Waals surface area contributed by atoms with Gasteiger partial charge in [0.05, 0.1) is 30.1 Å². The van der Waals surface area contributed by atoms with E-state index in [1.165, 1.54) is 4.90 Å². The highest BCUT2D eigenvalue weighted by atomic mass is 16.5. The lowest BCUT2D eigenvalue weighted by Crippen LogP contribution is -2.58. The molecule has 3 fully saturated rings. The second-order valence-electron chi connectivity index (χ2n) is 11.4. The molecule has 3 saturated heterocycles. The number of nitrogens with zero attached hydrogens (tertiary/aromatic N) is 3. The molecule has 38 heavy (non-hydrogen) atoms. The molecule has 3 heterocycles. The Morgan fingerprint density at radius 3 is 2.37 bits per heavy atom. The van der Waals surface area contributed by atoms with Crippen LogP contribution in [0.15, 0.2) is 55.6 Å². The van der Waals surface area contributed by atoms with Gasteiger partial charge in [0.2, 0.25) is 17.7 Å². The lowest BCUT2D eigenvalue weighted by atomic mass is 9.62. The highest BCUT2D eigenvalue weighted by molar-refractivity contribution is 5.99. The number of ether oxygens (including phenoxy) is 1. The molecular weight excluding hydrogens is 482 g/mol. The third-order valence-corrected chi connectivity index (χ3v) is 8.96. The second kappa shape index (κ2) is 10.3. The van der Waals surface area contributed by atoms with Crippen molar-refractivity contribution >= 4 is 17.7 Å². The Labute approximate surface area is 225 Å². The quantitative estimate of drug-likeness (QED) is 0.477. The van der Waals surface area contributed by atoms with Gasteiger partial charge in [-0.15, -0.1) is 13.2 Å². The van der Waals surface area contributed by atoms with Gasteiger partial charge < -0.3 is 24.5 Å². The zero-order chi connectivity index (χ0) is 28.0. The van der Waals surface area contributed by atoms with Gasteiger partial charge in [0, 0.05) is 26.2 Å². The van der Waals surface area contributed by atoms with Gasteiger partial charge in [-0.05, 0) is 38.7 Å². The van der Waals surface area contributed by atoms with Crippen LogP contribution in [0.3, 0.4) is 0 Å². The normalized spacial score (nSPS) is 32.3. The highest BCUT2D eigenvalue weighted by Crippen LogP contribution is 2.66. The van der Waals surface area contributed by atoms with Crippen molar-refractivity contribution in [1.82, 2.24) is 14.7 Å². The minimum Gasteiger partial charge on any atom is -0.394 e. The molecule has 206 valence electrons. The number of fused-ring (bicyclic) bond motifs is 1. The van der Waals surface area contributed by atoms with Crippen LogP contribution in [-0.4, -0.2) is 87.6 Å². The van der Waals surface area contributed by atoms with Crippen LogP contribution >= 0.6 is 0 Å². The predicted octanol–water partition coefficient (Wildman–Crippen LogP) is 2.80. The van der Waals surface area contributed by atoms with Crippen LogP contribution in [0.2, 0.25) is 0 Å². The van der Waals surface area contributed by atoms with Gasteiger partial charge in [-0.25, -0.2) is 0 Å². The van der Waals surface area contributed by atoms with Gasteiger partial charge in [0.25, 0.3) is 0 Å². The molecule has 4 rings (SSSR count). The Bertz CT molecular complexity index is 1110. The number of carbonyl (C=O) groups excluding carboxylic acids is 3. The molecule has 3 unspecified atom stereocenters. The number of aliphatic hydroxyl groups is 1. The Morgan fingerprint density at radius 1 is 1.18 bits per heavy atom. The van der Waals surface area contributed by atoms with Crippen molar-refractivity contribution in [2.45, 2.75) is 63.4 Å². The maximum atomic E-state index is 14.5. The summed E-state index contributed by atoms with van der Waals surface area (Å²) in [6.45, 7) is 15.6. The molecule has 0 saturated carbocycles. The maximum Gasteiger partial charge on any atom is 0.248 e. The fourth-order valence-corrected chi connectivity index (χ4v) is 7.07. The van der Waals surface area contributed by atoms with Crippen LogP contribution in [0.25, 0.3) is 0 Å². The molecule has 3 aliphatic heterocycles. The third-order valence-electron chi connectivity index (χ3n) is 8.96. The van der Waals surface area contributed by atoms with E-state index in [0.29, 0.717) is 19.5 Å². The molecule has 1 spiro atoms. The zero-order valence-corrected chi connectivity index (χ0v) is 23.2. The summed E-state index contributed by atoms with van der Waals surface area (Å²) >= 11 is 0. The number of amides is 3. The molecular formula is C30H41N3O5. The Hall–Kier alpha value is -2.97. The van der Waals surface area contributed by atoms with E-state index in [-0.39, 0.29) is 36.3 Å². The van der Waals surface area contributed by atoms with Crippen LogP contribution in [-0.2, 0) is 19.1 Å². The fourth-order valence-electron chi connectivity index (χ4n) is 7.07. The molecule has 2 bridgehead atoms. The van der Waals surface area contributed by atoms with E-state index in [0.717, 1.165) is 5.56 Å². The number of hydrogen-bond donors (Lipinski definition) is 1. The van der Waals surface area contributed by atoms with Crippen molar-refractivity contribution in [2.24, 2.45) is 17.8 Å². The van der Waals surface area contributed by atoms with E-state index >= 15 is 0 Å². The number of likely N-dealkylation sites (tertiary alicyclic amines) is 1. The lowest BCUT2D eigenvalue weighted by Gasteiger charge is -2.40. The monoisotopic (exact) mass is 523 g/mol. The minimum absolute atomic E-state index is 0.0657. The molecule has 1 aromatic rings. The molecule has 0 radical (unpaired) electrons. The van der Waals surface area contributed by atoms with E-state index in [9.17, 15) is 19.5 Å². The van der Waals surface area contributed by atoms with E-state index in [4.69, 9.17) is 4.74 Å². The Kier molecular flexibility index (Phi) is 7.60. The zero-order valence-electron chi connectivity index (χ0n) is 23.2. The lowest BCUT2D eigenvalue weighted by molar-refractivity contribution is -0.158. The maximum absolute atomic E-state index is 14.5. The number of rotatable bonds is 10. The summed E-state index contributed by atoms with van der Waals surface area (Å²) in [6.07, 6.45) is 3.78. The van der Waals surface area contributed by atoms with Crippen molar-refractivity contribution < 1.29 is 24.2 Å². The first-order chi connectivity index (χ1) is 18.0. The van der Waals surface area contributed by atoms with Gasteiger partial charge >= 0.3 is 0 Å². The van der Waals surface area contributed by atoms with Crippen molar-refractivity contribution in [3.8, 4) is 0 Å². The summed E-state index contributed by atoms with van der Waals surface area (Å²) in [4.78, 5) is 47.6. The smallest absolute Gasteiger partial charge is 0.248 e. The number of carbonyl (C=O) groups is 3. The molecule has 0 aromatic heterocycles. The molecule has 3 amide bonds. The second-order valence-corrected chi connectivity index (χ2v) is 11.4. The van der Waals surface area contributed by atoms with E-state index in [1.54, 1.807) is 29.0 Å². The van der Waals surface area contributed by atoms with E-state index in [2.05, 4.69) is 13.2 Å². The van der Waals surface area contributed by atoms with Gasteiger partial charge in [0.15, 0.2) is 0 Å². The molecule has 8 nitrogen and oxygen atoms in total. The fraction of sp³-hybridized carbons (Fsp3) is 0.567. The number of hydrogen-bond acceptors (Lipinski definition) is 5. The van der Waals surface area contributed by atoms with Crippen LogP contribution in [0.1, 0.15) is 45.7 Å². The van der Waals surface area contributed by atoms with Crippen molar-refractivity contribution in [1.29, 1.82) is 0 Å². The first-order valence-corrected chi connectivity index (χ1v) is 13.5. The van der Waals surface area contributed by atoms with Crippen LogP contribution < -0.4 is 0 Å². The van der Waals surface area contributed by atoms with Crippen LogP contribution in [0, 0.1) is 17.8 Å². The summed E-state index contributed by atoms with van der Waals surface area (Å²) in [7, 11) is 1.70. The van der Waals surface area contributed by atoms with E-state index in [1.807, 2.05) is 58.0 Å². The summed E-state index contributed by atoms with van der Waals surface area (Å²) in [5.41, 5.74) is -1.37. The van der Waals surface area contributed by atoms with Gasteiger partial charge in [0.1, 0.15) is 11.6 Å². The SMILES string of the molecule is C=CCN(C)C(=O)[C@H]1[C@H]2C(=O)N([C@H](CO)c3ccccc3)C(C(=O)N(CC=C)C(C)C)C23CC(C)[C@]1(C)O3. The van der Waals surface area contributed by atoms with Crippen molar-refractivity contribution in [3.63, 3.8) is 0 Å². The molecule has 0 aliphatic carbocycles. The largest absolute Gasteiger partial charge is 0.394 e. The average molecular weight is 524 g/mol.